The van der Waals surface area contributed by atoms with Gasteiger partial charge in [0.25, 0.3) is 0 Å². The molecule has 5 heavy (non-hydrogen) atoms. The molecule has 0 radical (unpaired) electrons. The summed E-state index contributed by atoms with van der Waals surface area (Å²) in [7, 11) is 0. The van der Waals surface area contributed by atoms with Crippen molar-refractivity contribution in [2.45, 2.75) is 0 Å². The highest BCUT2D eigenvalue weighted by atomic mass is 15.0. The summed E-state index contributed by atoms with van der Waals surface area (Å²) in [6, 6.07) is 0. The fraction of sp³-hybridized carbons (Fsp3) is 0.667. The molecule has 2 N–H and O–H groups in total. The van der Waals surface area contributed by atoms with Gasteiger partial charge in [-0.05, 0) is 0 Å². The highest BCUT2D eigenvalue weighted by Gasteiger charge is 1.90. The minimum atomic E-state index is 1.08. The zero-order valence-corrected chi connectivity index (χ0v) is 2.99. The molecular weight excluding hydrogens is 64.0 g/mol. The van der Waals surface area contributed by atoms with Crippen molar-refractivity contribution in [2.24, 2.45) is 0 Å². The van der Waals surface area contributed by atoms with Gasteiger partial charge in [0.1, 0.15) is 13.1 Å². The van der Waals surface area contributed by atoms with Crippen LogP contribution in [0.15, 0.2) is 0 Å². The van der Waals surface area contributed by atoms with E-state index in [4.69, 9.17) is 0 Å². The van der Waals surface area contributed by atoms with E-state index < -0.39 is 0 Å². The van der Waals surface area contributed by atoms with Gasteiger partial charge in [0.15, 0.2) is 0 Å². The van der Waals surface area contributed by atoms with Gasteiger partial charge < -0.3 is 0 Å². The molecular formula is C3H7N2+. The van der Waals surface area contributed by atoms with Gasteiger partial charge in [-0.25, -0.2) is 0 Å². The summed E-state index contributed by atoms with van der Waals surface area (Å²) in [5.74, 6) is 0. The molecule has 0 fully saturated rings. The van der Waals surface area contributed by atoms with Gasteiger partial charge in [0, 0.05) is 0 Å². The number of nitrogens with one attached hydrogen (secondary N) is 2. The molecule has 1 heterocycles. The van der Waals surface area contributed by atoms with Crippen LogP contribution in [0.4, 0.5) is 0 Å². The summed E-state index contributed by atoms with van der Waals surface area (Å²) in [5, 5.41) is 2.99. The molecule has 0 aromatic heterocycles. The van der Waals surface area contributed by atoms with E-state index in [-0.39, 0.29) is 0 Å². The van der Waals surface area contributed by atoms with Crippen molar-refractivity contribution in [3.05, 3.63) is 0 Å². The molecule has 0 aromatic rings. The van der Waals surface area contributed by atoms with Crippen LogP contribution >= 0.6 is 0 Å². The Hall–Kier alpha value is -0.530. The first-order valence-corrected chi connectivity index (χ1v) is 1.78. The summed E-state index contributed by atoms with van der Waals surface area (Å²) in [6.07, 6.45) is 1.86. The molecule has 1 aliphatic rings. The van der Waals surface area contributed by atoms with Crippen LogP contribution in [-0.2, 0) is 0 Å². The molecule has 2 heteroatoms. The van der Waals surface area contributed by atoms with Gasteiger partial charge in [-0.3, -0.25) is 10.3 Å². The van der Waals surface area contributed by atoms with Crippen LogP contribution in [0.2, 0.25) is 0 Å². The lowest BCUT2D eigenvalue weighted by Crippen LogP contribution is -2.66. The minimum absolute atomic E-state index is 1.08. The topological polar surface area (TPSA) is 26.0 Å². The average Bonchev–Trinajstić information content (AvgIpc) is 1.76. The van der Waals surface area contributed by atoms with Gasteiger partial charge in [-0.1, -0.05) is 0 Å². The van der Waals surface area contributed by atoms with Gasteiger partial charge in [-0.15, -0.1) is 0 Å². The molecule has 0 amide bonds. The molecule has 0 saturated heterocycles. The van der Waals surface area contributed by atoms with Gasteiger partial charge in [0.2, 0.25) is 6.34 Å². The first-order chi connectivity index (χ1) is 2.50. The maximum Gasteiger partial charge on any atom is 0.230 e. The van der Waals surface area contributed by atoms with Crippen molar-refractivity contribution in [3.8, 4) is 0 Å². The highest BCUT2D eigenvalue weighted by Crippen LogP contribution is 1.41. The van der Waals surface area contributed by atoms with Crippen molar-refractivity contribution in [2.75, 3.05) is 13.1 Å². The summed E-state index contributed by atoms with van der Waals surface area (Å²) < 4.78 is 0. The summed E-state index contributed by atoms with van der Waals surface area (Å²) in [4.78, 5) is 2.99. The Kier molecular flexibility index (Phi) is 0.571. The van der Waals surface area contributed by atoms with E-state index in [1.807, 2.05) is 6.34 Å². The van der Waals surface area contributed by atoms with E-state index in [0.29, 0.717) is 0 Å². The fourth-order valence-electron chi connectivity index (χ4n) is 0.361. The Balaban J connectivity index is 2.32. The van der Waals surface area contributed by atoms with E-state index in [2.05, 4.69) is 10.3 Å². The lowest BCUT2D eigenvalue weighted by atomic mass is 10.7. The van der Waals surface area contributed by atoms with Crippen molar-refractivity contribution in [3.63, 3.8) is 0 Å². The smallest absolute Gasteiger partial charge is 0.230 e. The van der Waals surface area contributed by atoms with Gasteiger partial charge in [-0.2, -0.15) is 0 Å². The molecule has 0 spiro atoms. The molecule has 0 aliphatic carbocycles. The quantitative estimate of drug-likeness (QED) is 0.330. The van der Waals surface area contributed by atoms with E-state index in [1.54, 1.807) is 0 Å². The zero-order valence-electron chi connectivity index (χ0n) is 2.99. The normalized spacial score (nSPS) is 19.2. The van der Waals surface area contributed by atoms with Crippen LogP contribution in [-0.4, -0.2) is 19.4 Å². The predicted octanol–water partition coefficient (Wildman–Crippen LogP) is -2.30. The van der Waals surface area contributed by atoms with Crippen LogP contribution in [0, 0.1) is 0 Å². The summed E-state index contributed by atoms with van der Waals surface area (Å²) in [5.41, 5.74) is 0. The van der Waals surface area contributed by atoms with Gasteiger partial charge in [0.05, 0.1) is 0 Å². The van der Waals surface area contributed by atoms with Crippen LogP contribution in [0.25, 0.3) is 0 Å². The Labute approximate surface area is 30.9 Å². The number of hydrogen-bond acceptors (Lipinski definition) is 1. The maximum absolute atomic E-state index is 2.99. The van der Waals surface area contributed by atoms with Crippen molar-refractivity contribution in [1.82, 2.24) is 5.32 Å². The van der Waals surface area contributed by atoms with E-state index in [0.717, 1.165) is 13.1 Å². The largest absolute Gasteiger partial charge is 0.277 e. The molecule has 28 valence electrons. The van der Waals surface area contributed by atoms with Gasteiger partial charge >= 0.3 is 0 Å². The van der Waals surface area contributed by atoms with Crippen LogP contribution in [0.5, 0.6) is 0 Å². The standard InChI is InChI=1S/C3H6N2/c1-2-5-3-4-1/h3H,1-2H2,(H,4,5)/p+1. The molecule has 0 saturated carbocycles. The van der Waals surface area contributed by atoms with Crippen molar-refractivity contribution in [1.29, 1.82) is 0 Å². The first kappa shape index (κ1) is 2.69. The second-order valence-corrected chi connectivity index (χ2v) is 1.05. The SMILES string of the molecule is C1=[NH+]CCN1. The third-order valence-corrected chi connectivity index (χ3v) is 0.618. The molecule has 1 aliphatic heterocycles. The van der Waals surface area contributed by atoms with Crippen LogP contribution in [0.3, 0.4) is 0 Å². The molecule has 2 nitrogen and oxygen atoms in total. The lowest BCUT2D eigenvalue weighted by Gasteiger charge is -1.66. The lowest BCUT2D eigenvalue weighted by molar-refractivity contribution is -0.439. The third kappa shape index (κ3) is 0.375. The fourth-order valence-corrected chi connectivity index (χ4v) is 0.361. The van der Waals surface area contributed by atoms with Crippen LogP contribution in [0.1, 0.15) is 0 Å². The van der Waals surface area contributed by atoms with E-state index in [1.165, 1.54) is 0 Å². The third-order valence-electron chi connectivity index (χ3n) is 0.618. The second kappa shape index (κ2) is 1.06. The summed E-state index contributed by atoms with van der Waals surface area (Å²) in [6.45, 7) is 2.17. The zero-order chi connectivity index (χ0) is 3.54. The summed E-state index contributed by atoms with van der Waals surface area (Å²) >= 11 is 0. The molecule has 1 rings (SSSR count). The Morgan fingerprint density at radius 3 is 3.00 bits per heavy atom. The number of rotatable bonds is 0. The monoisotopic (exact) mass is 71.1 g/mol. The average molecular weight is 71.1 g/mol. The highest BCUT2D eigenvalue weighted by molar-refractivity contribution is 5.47. The first-order valence-electron chi connectivity index (χ1n) is 1.78. The number of hydrogen-bond donors (Lipinski definition) is 2. The van der Waals surface area contributed by atoms with E-state index >= 15 is 0 Å². The molecule has 0 unspecified atom stereocenters. The van der Waals surface area contributed by atoms with E-state index in [9.17, 15) is 0 Å². The van der Waals surface area contributed by atoms with Crippen LogP contribution < -0.4 is 10.3 Å². The Morgan fingerprint density at radius 2 is 2.80 bits per heavy atom. The Bertz CT molecular complexity index is 42.9. The molecule has 0 atom stereocenters. The molecule has 0 bridgehead atoms. The van der Waals surface area contributed by atoms with Crippen molar-refractivity contribution < 1.29 is 4.99 Å². The second-order valence-electron chi connectivity index (χ2n) is 1.05. The predicted molar refractivity (Wildman–Crippen MR) is 19.9 cm³/mol. The minimum Gasteiger partial charge on any atom is -0.277 e. The Morgan fingerprint density at radius 1 is 1.80 bits per heavy atom. The molecule has 0 aromatic carbocycles. The maximum atomic E-state index is 2.99. The van der Waals surface area contributed by atoms with Crippen molar-refractivity contribution >= 4 is 6.34 Å².